The molecular formula is C14H25N3OS. The van der Waals surface area contributed by atoms with Crippen LogP contribution in [0.15, 0.2) is 0 Å². The van der Waals surface area contributed by atoms with Crippen molar-refractivity contribution in [2.75, 3.05) is 20.1 Å². The number of thiocarbonyl (C=S) groups is 1. The zero-order chi connectivity index (χ0) is 13.9. The van der Waals surface area contributed by atoms with Gasteiger partial charge in [-0.1, -0.05) is 31.5 Å². The molecule has 1 saturated carbocycles. The zero-order valence-corrected chi connectivity index (χ0v) is 12.6. The van der Waals surface area contributed by atoms with E-state index in [4.69, 9.17) is 18.0 Å². The molecule has 0 radical (unpaired) electrons. The second-order valence-corrected chi connectivity index (χ2v) is 6.51. The molecule has 0 aromatic rings. The summed E-state index contributed by atoms with van der Waals surface area (Å²) in [7, 11) is 2.09. The number of piperidine rings is 1. The molecule has 1 heterocycles. The van der Waals surface area contributed by atoms with Crippen LogP contribution in [-0.2, 0) is 4.79 Å². The number of carbonyl (C=O) groups is 1. The van der Waals surface area contributed by atoms with Gasteiger partial charge < -0.3 is 16.0 Å². The third-order valence-corrected chi connectivity index (χ3v) is 5.04. The lowest BCUT2D eigenvalue weighted by atomic mass is 9.84. The van der Waals surface area contributed by atoms with E-state index in [1.54, 1.807) is 0 Å². The smallest absolute Gasteiger partial charge is 0.223 e. The second kappa shape index (κ2) is 6.18. The predicted octanol–water partition coefficient (Wildman–Crippen LogP) is 1.43. The van der Waals surface area contributed by atoms with Gasteiger partial charge in [-0.2, -0.15) is 0 Å². The van der Waals surface area contributed by atoms with Crippen LogP contribution in [0.25, 0.3) is 0 Å². The Hall–Kier alpha value is -0.680. The molecule has 4 nitrogen and oxygen atoms in total. The third-order valence-electron chi connectivity index (χ3n) is 4.65. The molecule has 2 fully saturated rings. The quantitative estimate of drug-likeness (QED) is 0.769. The molecule has 0 aromatic carbocycles. The second-order valence-electron chi connectivity index (χ2n) is 6.07. The van der Waals surface area contributed by atoms with Gasteiger partial charge in [0.1, 0.15) is 0 Å². The minimum absolute atomic E-state index is 0.164. The Kier molecular flexibility index (Phi) is 4.79. The standard InChI is InChI=1S/C14H25N3OS/c1-17-9-7-14(8-10-17,13(15)19)16-12(18)11-5-3-2-4-6-11/h11H,2-10H2,1H3,(H2,15,19)(H,16,18). The van der Waals surface area contributed by atoms with Gasteiger partial charge in [0.15, 0.2) is 0 Å². The largest absolute Gasteiger partial charge is 0.391 e. The summed E-state index contributed by atoms with van der Waals surface area (Å²) in [5.41, 5.74) is 5.48. The van der Waals surface area contributed by atoms with Gasteiger partial charge in [0.05, 0.1) is 10.5 Å². The molecule has 0 spiro atoms. The first-order valence-electron chi connectivity index (χ1n) is 7.34. The molecule has 1 aliphatic heterocycles. The normalized spacial score (nSPS) is 24.9. The Labute approximate surface area is 121 Å². The predicted molar refractivity (Wildman–Crippen MR) is 81.0 cm³/mol. The number of hydrogen-bond acceptors (Lipinski definition) is 3. The molecule has 0 unspecified atom stereocenters. The van der Waals surface area contributed by atoms with Crippen LogP contribution in [0.3, 0.4) is 0 Å². The number of carbonyl (C=O) groups excluding carboxylic acids is 1. The summed E-state index contributed by atoms with van der Waals surface area (Å²) >= 11 is 5.23. The van der Waals surface area contributed by atoms with Gasteiger partial charge in [-0.05, 0) is 32.7 Å². The van der Waals surface area contributed by atoms with E-state index in [1.807, 2.05) is 0 Å². The Balaban J connectivity index is 2.00. The lowest BCUT2D eigenvalue weighted by Gasteiger charge is -2.41. The number of amides is 1. The zero-order valence-electron chi connectivity index (χ0n) is 11.8. The van der Waals surface area contributed by atoms with Crippen molar-refractivity contribution in [1.82, 2.24) is 10.2 Å². The lowest BCUT2D eigenvalue weighted by molar-refractivity contribution is -0.127. The highest BCUT2D eigenvalue weighted by molar-refractivity contribution is 7.80. The van der Waals surface area contributed by atoms with Crippen molar-refractivity contribution in [2.24, 2.45) is 11.7 Å². The van der Waals surface area contributed by atoms with Crippen molar-refractivity contribution in [3.05, 3.63) is 0 Å². The van der Waals surface area contributed by atoms with Crippen molar-refractivity contribution in [3.63, 3.8) is 0 Å². The van der Waals surface area contributed by atoms with Crippen LogP contribution >= 0.6 is 12.2 Å². The minimum atomic E-state index is -0.448. The maximum atomic E-state index is 12.4. The molecule has 2 rings (SSSR count). The van der Waals surface area contributed by atoms with Crippen LogP contribution in [0.4, 0.5) is 0 Å². The average molecular weight is 283 g/mol. The SMILES string of the molecule is CN1CCC(NC(=O)C2CCCCC2)(C(N)=S)CC1. The third kappa shape index (κ3) is 3.45. The van der Waals surface area contributed by atoms with E-state index in [9.17, 15) is 4.79 Å². The van der Waals surface area contributed by atoms with Crippen molar-refractivity contribution >= 4 is 23.1 Å². The van der Waals surface area contributed by atoms with Crippen LogP contribution in [0.1, 0.15) is 44.9 Å². The van der Waals surface area contributed by atoms with Crippen molar-refractivity contribution < 1.29 is 4.79 Å². The van der Waals surface area contributed by atoms with Crippen molar-refractivity contribution in [2.45, 2.75) is 50.5 Å². The number of hydrogen-bond donors (Lipinski definition) is 2. The first-order valence-corrected chi connectivity index (χ1v) is 7.75. The number of likely N-dealkylation sites (tertiary alicyclic amines) is 1. The van der Waals surface area contributed by atoms with Crippen LogP contribution in [0.5, 0.6) is 0 Å². The van der Waals surface area contributed by atoms with E-state index in [0.717, 1.165) is 38.8 Å². The van der Waals surface area contributed by atoms with Crippen molar-refractivity contribution in [1.29, 1.82) is 0 Å². The summed E-state index contributed by atoms with van der Waals surface area (Å²) in [4.78, 5) is 15.1. The van der Waals surface area contributed by atoms with Gasteiger partial charge in [0.25, 0.3) is 0 Å². The number of nitrogens with two attached hydrogens (primary N) is 1. The van der Waals surface area contributed by atoms with Crippen LogP contribution in [0, 0.1) is 5.92 Å². The Morgan fingerprint density at radius 1 is 1.26 bits per heavy atom. The fourth-order valence-electron chi connectivity index (χ4n) is 3.14. The summed E-state index contributed by atoms with van der Waals surface area (Å²) in [6, 6.07) is 0. The monoisotopic (exact) mass is 283 g/mol. The Morgan fingerprint density at radius 2 is 1.84 bits per heavy atom. The van der Waals surface area contributed by atoms with E-state index in [1.165, 1.54) is 19.3 Å². The molecule has 2 aliphatic rings. The van der Waals surface area contributed by atoms with Crippen LogP contribution < -0.4 is 11.1 Å². The average Bonchev–Trinajstić information content (AvgIpc) is 2.42. The number of nitrogens with one attached hydrogen (secondary N) is 1. The van der Waals surface area contributed by atoms with Gasteiger partial charge in [-0.25, -0.2) is 0 Å². The molecule has 19 heavy (non-hydrogen) atoms. The molecule has 1 aliphatic carbocycles. The molecule has 1 saturated heterocycles. The van der Waals surface area contributed by atoms with Gasteiger partial charge in [0, 0.05) is 19.0 Å². The fraction of sp³-hybridized carbons (Fsp3) is 0.857. The topological polar surface area (TPSA) is 58.4 Å². The highest BCUT2D eigenvalue weighted by atomic mass is 32.1. The molecule has 108 valence electrons. The molecule has 3 N–H and O–H groups in total. The summed E-state index contributed by atoms with van der Waals surface area (Å²) in [6.45, 7) is 1.87. The summed E-state index contributed by atoms with van der Waals surface area (Å²) in [5, 5.41) is 3.19. The van der Waals surface area contributed by atoms with Gasteiger partial charge in [0.2, 0.25) is 5.91 Å². The minimum Gasteiger partial charge on any atom is -0.391 e. The molecule has 0 aromatic heterocycles. The number of nitrogens with zero attached hydrogens (tertiary/aromatic N) is 1. The van der Waals surface area contributed by atoms with E-state index < -0.39 is 5.54 Å². The molecule has 0 bridgehead atoms. The van der Waals surface area contributed by atoms with Crippen LogP contribution in [-0.4, -0.2) is 41.5 Å². The number of rotatable bonds is 3. The summed E-state index contributed by atoms with van der Waals surface area (Å²) in [6.07, 6.45) is 7.28. The maximum absolute atomic E-state index is 12.4. The maximum Gasteiger partial charge on any atom is 0.223 e. The molecule has 1 amide bonds. The highest BCUT2D eigenvalue weighted by Gasteiger charge is 2.39. The van der Waals surface area contributed by atoms with E-state index >= 15 is 0 Å². The van der Waals surface area contributed by atoms with Gasteiger partial charge >= 0.3 is 0 Å². The van der Waals surface area contributed by atoms with Gasteiger partial charge in [-0.3, -0.25) is 4.79 Å². The lowest BCUT2D eigenvalue weighted by Crippen LogP contribution is -2.62. The highest BCUT2D eigenvalue weighted by Crippen LogP contribution is 2.27. The molecule has 0 atom stereocenters. The first-order chi connectivity index (χ1) is 9.03. The fourth-order valence-corrected chi connectivity index (χ4v) is 3.39. The van der Waals surface area contributed by atoms with E-state index in [2.05, 4.69) is 17.3 Å². The Morgan fingerprint density at radius 3 is 2.37 bits per heavy atom. The first kappa shape index (κ1) is 14.7. The van der Waals surface area contributed by atoms with Crippen LogP contribution in [0.2, 0.25) is 0 Å². The van der Waals surface area contributed by atoms with Gasteiger partial charge in [-0.15, -0.1) is 0 Å². The summed E-state index contributed by atoms with van der Waals surface area (Å²) < 4.78 is 0. The van der Waals surface area contributed by atoms with E-state index in [-0.39, 0.29) is 11.8 Å². The van der Waals surface area contributed by atoms with E-state index in [0.29, 0.717) is 4.99 Å². The Bertz CT molecular complexity index is 345. The van der Waals surface area contributed by atoms with Crippen molar-refractivity contribution in [3.8, 4) is 0 Å². The summed E-state index contributed by atoms with van der Waals surface area (Å²) in [5.74, 6) is 0.330. The molecule has 5 heteroatoms. The molecular weight excluding hydrogens is 258 g/mol.